The predicted molar refractivity (Wildman–Crippen MR) is 231 cm³/mol. The van der Waals surface area contributed by atoms with E-state index >= 15 is 0 Å². The molecule has 1 aromatic heterocycles. The Morgan fingerprint density at radius 1 is 0.593 bits per heavy atom. The van der Waals surface area contributed by atoms with Crippen LogP contribution in [0.1, 0.15) is 88.5 Å². The number of aromatic nitrogens is 1. The van der Waals surface area contributed by atoms with Gasteiger partial charge in [-0.15, -0.1) is 0 Å². The van der Waals surface area contributed by atoms with Crippen molar-refractivity contribution in [3.8, 4) is 0 Å². The van der Waals surface area contributed by atoms with Crippen LogP contribution < -0.4 is 4.90 Å². The zero-order valence-electron chi connectivity index (χ0n) is 32.8. The number of nitrogens with one attached hydrogen (secondary N) is 1. The third kappa shape index (κ3) is 7.15. The van der Waals surface area contributed by atoms with Gasteiger partial charge in [-0.2, -0.15) is 0 Å². The van der Waals surface area contributed by atoms with E-state index in [2.05, 4.69) is 215 Å². The molecule has 5 aromatic carbocycles. The molecule has 2 aliphatic rings. The van der Waals surface area contributed by atoms with Crippen molar-refractivity contribution in [2.24, 2.45) is 11.3 Å². The third-order valence-corrected chi connectivity index (χ3v) is 11.7. The average molecular weight is 707 g/mol. The SMILES string of the molecule is CC(C)(C)c1ccc2[nH]c3ccc(C(C4=CCC(N(C5=CCC(C(c6ccccc6)C(C)(C)C)C=C5)c5ccccc5)C=C4)c4ccccc4)cc3c2c1. The van der Waals surface area contributed by atoms with Crippen LogP contribution in [0.25, 0.3) is 21.8 Å². The average Bonchev–Trinajstić information content (AvgIpc) is 3.54. The molecular weight excluding hydrogens is 653 g/mol. The summed E-state index contributed by atoms with van der Waals surface area (Å²) in [6.07, 6.45) is 16.7. The Hall–Kier alpha value is -5.34. The van der Waals surface area contributed by atoms with Crippen molar-refractivity contribution in [2.75, 3.05) is 4.90 Å². The molecule has 4 atom stereocenters. The molecule has 2 aliphatic carbocycles. The summed E-state index contributed by atoms with van der Waals surface area (Å²) in [5.74, 6) is 1.02. The van der Waals surface area contributed by atoms with Gasteiger partial charge in [-0.25, -0.2) is 0 Å². The largest absolute Gasteiger partial charge is 0.355 e. The van der Waals surface area contributed by atoms with Gasteiger partial charge < -0.3 is 9.88 Å². The van der Waals surface area contributed by atoms with Crippen LogP contribution in [0, 0.1) is 11.3 Å². The number of nitrogens with zero attached hydrogens (tertiary/aromatic N) is 1. The Morgan fingerprint density at radius 3 is 1.81 bits per heavy atom. The van der Waals surface area contributed by atoms with E-state index in [-0.39, 0.29) is 22.8 Å². The first-order chi connectivity index (χ1) is 26.0. The monoisotopic (exact) mass is 706 g/mol. The lowest BCUT2D eigenvalue weighted by atomic mass is 9.67. The molecule has 272 valence electrons. The summed E-state index contributed by atoms with van der Waals surface area (Å²) < 4.78 is 0. The van der Waals surface area contributed by atoms with Crippen LogP contribution in [0.3, 0.4) is 0 Å². The van der Waals surface area contributed by atoms with E-state index < -0.39 is 0 Å². The summed E-state index contributed by atoms with van der Waals surface area (Å²) in [6, 6.07) is 47.2. The van der Waals surface area contributed by atoms with Crippen LogP contribution in [0.15, 0.2) is 175 Å². The summed E-state index contributed by atoms with van der Waals surface area (Å²) in [7, 11) is 0. The minimum atomic E-state index is 0.0893. The molecule has 2 heteroatoms. The van der Waals surface area contributed by atoms with Crippen molar-refractivity contribution in [3.63, 3.8) is 0 Å². The van der Waals surface area contributed by atoms with Crippen molar-refractivity contribution in [1.29, 1.82) is 0 Å². The van der Waals surface area contributed by atoms with Gasteiger partial charge >= 0.3 is 0 Å². The quantitative estimate of drug-likeness (QED) is 0.167. The molecule has 2 nitrogen and oxygen atoms in total. The minimum absolute atomic E-state index is 0.0893. The molecule has 1 N–H and O–H groups in total. The van der Waals surface area contributed by atoms with Gasteiger partial charge in [0.2, 0.25) is 0 Å². The van der Waals surface area contributed by atoms with Crippen LogP contribution in [0.4, 0.5) is 5.69 Å². The van der Waals surface area contributed by atoms with Gasteiger partial charge in [0, 0.05) is 39.1 Å². The van der Waals surface area contributed by atoms with Crippen molar-refractivity contribution >= 4 is 27.5 Å². The first-order valence-corrected chi connectivity index (χ1v) is 19.8. The Kier molecular flexibility index (Phi) is 9.57. The fourth-order valence-corrected chi connectivity index (χ4v) is 9.04. The number of fused-ring (bicyclic) bond motifs is 3. The molecule has 54 heavy (non-hydrogen) atoms. The maximum atomic E-state index is 3.69. The number of hydrogen-bond donors (Lipinski definition) is 1. The highest BCUT2D eigenvalue weighted by Gasteiger charge is 2.34. The predicted octanol–water partition coefficient (Wildman–Crippen LogP) is 13.8. The van der Waals surface area contributed by atoms with E-state index in [0.29, 0.717) is 11.8 Å². The lowest BCUT2D eigenvalue weighted by molar-refractivity contribution is 0.263. The fourth-order valence-electron chi connectivity index (χ4n) is 9.04. The molecule has 4 unspecified atom stereocenters. The molecule has 0 radical (unpaired) electrons. The molecule has 0 saturated carbocycles. The first kappa shape index (κ1) is 35.7. The molecule has 0 spiro atoms. The van der Waals surface area contributed by atoms with Crippen LogP contribution in [0.5, 0.6) is 0 Å². The molecule has 0 amide bonds. The molecule has 0 saturated heterocycles. The second-order valence-corrected chi connectivity index (χ2v) is 17.5. The zero-order chi connectivity index (χ0) is 37.5. The van der Waals surface area contributed by atoms with E-state index in [4.69, 9.17) is 0 Å². The van der Waals surface area contributed by atoms with Gasteiger partial charge in [0.25, 0.3) is 0 Å². The number of rotatable bonds is 8. The van der Waals surface area contributed by atoms with E-state index in [1.165, 1.54) is 61.0 Å². The molecule has 8 rings (SSSR count). The van der Waals surface area contributed by atoms with Gasteiger partial charge in [0.1, 0.15) is 0 Å². The maximum absolute atomic E-state index is 3.69. The summed E-state index contributed by atoms with van der Waals surface area (Å²) in [5, 5.41) is 2.59. The normalized spacial score (nSPS) is 18.7. The Morgan fingerprint density at radius 2 is 1.22 bits per heavy atom. The van der Waals surface area contributed by atoms with Gasteiger partial charge in [-0.1, -0.05) is 163 Å². The van der Waals surface area contributed by atoms with E-state index in [1.807, 2.05) is 0 Å². The van der Waals surface area contributed by atoms with Crippen LogP contribution >= 0.6 is 0 Å². The van der Waals surface area contributed by atoms with E-state index in [1.54, 1.807) is 0 Å². The maximum Gasteiger partial charge on any atom is 0.0559 e. The minimum Gasteiger partial charge on any atom is -0.355 e. The lowest BCUT2D eigenvalue weighted by Gasteiger charge is -2.39. The highest BCUT2D eigenvalue weighted by molar-refractivity contribution is 6.07. The van der Waals surface area contributed by atoms with Gasteiger partial charge in [0.15, 0.2) is 0 Å². The van der Waals surface area contributed by atoms with Crippen molar-refractivity contribution in [2.45, 2.75) is 77.7 Å². The van der Waals surface area contributed by atoms with Gasteiger partial charge in [-0.3, -0.25) is 0 Å². The summed E-state index contributed by atoms with van der Waals surface area (Å²) in [4.78, 5) is 6.24. The number of allylic oxidation sites excluding steroid dienone is 5. The molecule has 1 heterocycles. The fraction of sp³-hybridized carbons (Fsp3) is 0.269. The van der Waals surface area contributed by atoms with Gasteiger partial charge in [0.05, 0.1) is 6.04 Å². The highest BCUT2D eigenvalue weighted by Crippen LogP contribution is 2.45. The zero-order valence-corrected chi connectivity index (χ0v) is 32.8. The van der Waals surface area contributed by atoms with Crippen molar-refractivity contribution in [1.82, 2.24) is 4.98 Å². The molecule has 0 bridgehead atoms. The molecule has 0 fully saturated rings. The first-order valence-electron chi connectivity index (χ1n) is 19.8. The lowest BCUT2D eigenvalue weighted by Crippen LogP contribution is -2.35. The molecular formula is C52H54N2. The third-order valence-electron chi connectivity index (χ3n) is 11.7. The number of H-pyrrole nitrogens is 1. The highest BCUT2D eigenvalue weighted by atomic mass is 15.2. The number of hydrogen-bond acceptors (Lipinski definition) is 1. The second-order valence-electron chi connectivity index (χ2n) is 17.5. The second kappa shape index (κ2) is 14.5. The number of aromatic amines is 1. The number of anilines is 1. The van der Waals surface area contributed by atoms with Gasteiger partial charge in [-0.05, 0) is 106 Å². The van der Waals surface area contributed by atoms with E-state index in [9.17, 15) is 0 Å². The Bertz CT molecular complexity index is 2360. The van der Waals surface area contributed by atoms with Crippen LogP contribution in [-0.2, 0) is 5.41 Å². The van der Waals surface area contributed by atoms with Crippen molar-refractivity contribution < 1.29 is 0 Å². The summed E-state index contributed by atoms with van der Waals surface area (Å²) in [6.45, 7) is 14.0. The number of para-hydroxylation sites is 1. The van der Waals surface area contributed by atoms with Crippen molar-refractivity contribution in [3.05, 3.63) is 197 Å². The Balaban J connectivity index is 1.11. The summed E-state index contributed by atoms with van der Waals surface area (Å²) >= 11 is 0. The topological polar surface area (TPSA) is 19.0 Å². The number of benzene rings is 5. The summed E-state index contributed by atoms with van der Waals surface area (Å²) in [5.41, 5.74) is 11.9. The van der Waals surface area contributed by atoms with E-state index in [0.717, 1.165) is 12.8 Å². The molecule has 0 aliphatic heterocycles. The van der Waals surface area contributed by atoms with Crippen LogP contribution in [0.2, 0.25) is 0 Å². The standard InChI is InChI=1S/C52H54N2/c1-51(2,3)41-27-33-48-46(35-41)45-34-40(26-32-47(45)53-48)49(36-16-10-7-11-17-36)37-22-28-43(29-23-37)54(42-20-14-9-15-21-42)44-30-24-39(25-31-44)50(52(4,5)6)38-18-12-8-13-19-38/h7-24,26-28,30-35,39,43,49-50,53H,25,29H2,1-6H3. The smallest absolute Gasteiger partial charge is 0.0559 e. The Labute approximate surface area is 322 Å². The molecule has 6 aromatic rings. The van der Waals surface area contributed by atoms with Crippen LogP contribution in [-0.4, -0.2) is 11.0 Å².